The van der Waals surface area contributed by atoms with Crippen LogP contribution < -0.4 is 0 Å². The molecule has 2 nitrogen and oxygen atoms in total. The van der Waals surface area contributed by atoms with Crippen molar-refractivity contribution < 1.29 is 9.21 Å². The second-order valence-corrected chi connectivity index (χ2v) is 3.37. The van der Waals surface area contributed by atoms with Crippen LogP contribution in [0.15, 0.2) is 16.7 Å². The van der Waals surface area contributed by atoms with E-state index < -0.39 is 0 Å². The first kappa shape index (κ1) is 7.59. The second-order valence-electron chi connectivity index (χ2n) is 3.37. The van der Waals surface area contributed by atoms with Crippen LogP contribution in [0.25, 0.3) is 0 Å². The first-order valence-electron chi connectivity index (χ1n) is 4.36. The Kier molecular flexibility index (Phi) is 1.75. The third-order valence-corrected chi connectivity index (χ3v) is 2.53. The highest BCUT2D eigenvalue weighted by Crippen LogP contribution is 2.32. The molecular formula is C10H12O2. The Morgan fingerprint density at radius 2 is 2.50 bits per heavy atom. The summed E-state index contributed by atoms with van der Waals surface area (Å²) in [5.41, 5.74) is 1.22. The Balaban J connectivity index is 2.37. The van der Waals surface area contributed by atoms with Gasteiger partial charge in [-0.25, -0.2) is 0 Å². The molecule has 0 aliphatic heterocycles. The lowest BCUT2D eigenvalue weighted by Crippen LogP contribution is -2.14. The summed E-state index contributed by atoms with van der Waals surface area (Å²) in [6, 6.07) is 1.98. The lowest BCUT2D eigenvalue weighted by Gasteiger charge is -2.17. The number of carbonyl (C=O) groups excluding carboxylic acids is 1. The molecule has 2 rings (SSSR count). The average molecular weight is 164 g/mol. The standard InChI is InChI=1S/C10H12O2/c1-7(11)9-4-2-3-8-5-6-12-10(8)9/h5-6,9H,2-4H2,1H3/t9-/m1/s1. The lowest BCUT2D eigenvalue weighted by molar-refractivity contribution is -0.119. The van der Waals surface area contributed by atoms with Crippen LogP contribution in [0.5, 0.6) is 0 Å². The molecule has 12 heavy (non-hydrogen) atoms. The minimum absolute atomic E-state index is 0.0312. The normalized spacial score (nSPS) is 21.9. The number of fused-ring (bicyclic) bond motifs is 1. The number of ketones is 1. The zero-order chi connectivity index (χ0) is 8.55. The van der Waals surface area contributed by atoms with Crippen LogP contribution in [0, 0.1) is 0 Å². The number of furan rings is 1. The third-order valence-electron chi connectivity index (χ3n) is 2.53. The molecule has 1 aromatic rings. The van der Waals surface area contributed by atoms with Crippen molar-refractivity contribution in [1.29, 1.82) is 0 Å². The van der Waals surface area contributed by atoms with E-state index in [2.05, 4.69) is 0 Å². The summed E-state index contributed by atoms with van der Waals surface area (Å²) in [6.07, 6.45) is 4.81. The monoisotopic (exact) mass is 164 g/mol. The molecule has 0 aromatic carbocycles. The van der Waals surface area contributed by atoms with Crippen molar-refractivity contribution >= 4 is 5.78 Å². The van der Waals surface area contributed by atoms with Crippen LogP contribution in [0.3, 0.4) is 0 Å². The van der Waals surface area contributed by atoms with Crippen LogP contribution in [0.4, 0.5) is 0 Å². The Labute approximate surface area is 71.6 Å². The Morgan fingerprint density at radius 1 is 1.67 bits per heavy atom. The molecule has 1 aliphatic rings. The molecule has 0 spiro atoms. The van der Waals surface area contributed by atoms with Crippen molar-refractivity contribution in [2.75, 3.05) is 0 Å². The highest BCUT2D eigenvalue weighted by Gasteiger charge is 2.26. The van der Waals surface area contributed by atoms with Crippen molar-refractivity contribution in [3.05, 3.63) is 23.7 Å². The minimum Gasteiger partial charge on any atom is -0.468 e. The van der Waals surface area contributed by atoms with E-state index in [-0.39, 0.29) is 11.7 Å². The molecule has 0 amide bonds. The van der Waals surface area contributed by atoms with Crippen LogP contribution in [-0.2, 0) is 11.2 Å². The van der Waals surface area contributed by atoms with Gasteiger partial charge in [-0.05, 0) is 37.8 Å². The van der Waals surface area contributed by atoms with Crippen molar-refractivity contribution in [3.8, 4) is 0 Å². The molecule has 64 valence electrons. The summed E-state index contributed by atoms with van der Waals surface area (Å²) in [5, 5.41) is 0. The van der Waals surface area contributed by atoms with E-state index in [1.54, 1.807) is 13.2 Å². The fraction of sp³-hybridized carbons (Fsp3) is 0.500. The van der Waals surface area contributed by atoms with Gasteiger partial charge in [0, 0.05) is 0 Å². The summed E-state index contributed by atoms with van der Waals surface area (Å²) in [6.45, 7) is 1.64. The summed E-state index contributed by atoms with van der Waals surface area (Å²) in [5.74, 6) is 1.17. The molecule has 0 saturated heterocycles. The fourth-order valence-corrected chi connectivity index (χ4v) is 1.88. The minimum atomic E-state index is 0.0312. The van der Waals surface area contributed by atoms with Gasteiger partial charge >= 0.3 is 0 Å². The van der Waals surface area contributed by atoms with E-state index in [1.807, 2.05) is 6.07 Å². The van der Waals surface area contributed by atoms with Gasteiger partial charge in [-0.3, -0.25) is 4.79 Å². The van der Waals surface area contributed by atoms with E-state index >= 15 is 0 Å². The van der Waals surface area contributed by atoms with Crippen molar-refractivity contribution in [3.63, 3.8) is 0 Å². The van der Waals surface area contributed by atoms with Crippen molar-refractivity contribution in [2.24, 2.45) is 0 Å². The molecule has 0 radical (unpaired) electrons. The second kappa shape index (κ2) is 2.77. The summed E-state index contributed by atoms with van der Waals surface area (Å²) in [4.78, 5) is 11.2. The Morgan fingerprint density at radius 3 is 3.25 bits per heavy atom. The van der Waals surface area contributed by atoms with Crippen LogP contribution in [-0.4, -0.2) is 5.78 Å². The zero-order valence-electron chi connectivity index (χ0n) is 7.17. The number of hydrogen-bond donors (Lipinski definition) is 0. The molecule has 2 heteroatoms. The molecular weight excluding hydrogens is 152 g/mol. The van der Waals surface area contributed by atoms with Gasteiger partial charge in [-0.2, -0.15) is 0 Å². The number of rotatable bonds is 1. The predicted molar refractivity (Wildman–Crippen MR) is 45.1 cm³/mol. The summed E-state index contributed by atoms with van der Waals surface area (Å²) >= 11 is 0. The zero-order valence-corrected chi connectivity index (χ0v) is 7.17. The maximum Gasteiger partial charge on any atom is 0.140 e. The highest BCUT2D eigenvalue weighted by atomic mass is 16.3. The summed E-state index contributed by atoms with van der Waals surface area (Å²) in [7, 11) is 0. The van der Waals surface area contributed by atoms with Crippen LogP contribution in [0.2, 0.25) is 0 Å². The number of carbonyl (C=O) groups is 1. The largest absolute Gasteiger partial charge is 0.468 e. The molecule has 0 saturated carbocycles. The molecule has 0 bridgehead atoms. The molecule has 1 aliphatic carbocycles. The van der Waals surface area contributed by atoms with Gasteiger partial charge in [-0.1, -0.05) is 0 Å². The highest BCUT2D eigenvalue weighted by molar-refractivity contribution is 5.83. The van der Waals surface area contributed by atoms with Gasteiger partial charge in [0.15, 0.2) is 0 Å². The lowest BCUT2D eigenvalue weighted by atomic mass is 9.86. The van der Waals surface area contributed by atoms with Crippen molar-refractivity contribution in [2.45, 2.75) is 32.1 Å². The van der Waals surface area contributed by atoms with Gasteiger partial charge in [0.25, 0.3) is 0 Å². The Hall–Kier alpha value is -1.05. The maximum atomic E-state index is 11.2. The summed E-state index contributed by atoms with van der Waals surface area (Å²) < 4.78 is 5.31. The van der Waals surface area contributed by atoms with E-state index in [1.165, 1.54) is 5.56 Å². The first-order chi connectivity index (χ1) is 5.79. The molecule has 0 fully saturated rings. The van der Waals surface area contributed by atoms with Crippen LogP contribution in [0.1, 0.15) is 37.0 Å². The van der Waals surface area contributed by atoms with E-state index in [0.29, 0.717) is 0 Å². The number of hydrogen-bond acceptors (Lipinski definition) is 2. The van der Waals surface area contributed by atoms with Gasteiger partial charge in [0.1, 0.15) is 11.5 Å². The third kappa shape index (κ3) is 1.07. The topological polar surface area (TPSA) is 30.2 Å². The quantitative estimate of drug-likeness (QED) is 0.637. The number of Topliss-reactive ketones (excluding diaryl/α,β-unsaturated/α-hetero) is 1. The average Bonchev–Trinajstić information content (AvgIpc) is 2.49. The van der Waals surface area contributed by atoms with Gasteiger partial charge in [0.2, 0.25) is 0 Å². The van der Waals surface area contributed by atoms with Crippen molar-refractivity contribution in [1.82, 2.24) is 0 Å². The number of aryl methyl sites for hydroxylation is 1. The first-order valence-corrected chi connectivity index (χ1v) is 4.36. The molecule has 0 N–H and O–H groups in total. The van der Waals surface area contributed by atoms with Gasteiger partial charge in [-0.15, -0.1) is 0 Å². The fourth-order valence-electron chi connectivity index (χ4n) is 1.88. The predicted octanol–water partition coefficient (Wildman–Crippen LogP) is 2.29. The van der Waals surface area contributed by atoms with E-state index in [0.717, 1.165) is 25.0 Å². The maximum absolute atomic E-state index is 11.2. The molecule has 1 heterocycles. The van der Waals surface area contributed by atoms with Gasteiger partial charge in [0.05, 0.1) is 12.2 Å². The SMILES string of the molecule is CC(=O)[C@H]1CCCc2ccoc21. The molecule has 0 unspecified atom stereocenters. The molecule has 1 atom stereocenters. The van der Waals surface area contributed by atoms with Gasteiger partial charge < -0.3 is 4.42 Å². The van der Waals surface area contributed by atoms with Crippen LogP contribution >= 0.6 is 0 Å². The Bertz CT molecular complexity index is 299. The van der Waals surface area contributed by atoms with E-state index in [9.17, 15) is 4.79 Å². The smallest absolute Gasteiger partial charge is 0.140 e. The van der Waals surface area contributed by atoms with E-state index in [4.69, 9.17) is 4.42 Å². The molecule has 1 aromatic heterocycles.